The van der Waals surface area contributed by atoms with Gasteiger partial charge in [-0.25, -0.2) is 4.79 Å². The first-order valence-electron chi connectivity index (χ1n) is 6.24. The minimum absolute atomic E-state index is 0.0368. The lowest BCUT2D eigenvalue weighted by molar-refractivity contribution is -0.384. The molecule has 0 atom stereocenters. The first kappa shape index (κ1) is 17.4. The van der Waals surface area contributed by atoms with Crippen molar-refractivity contribution in [2.24, 2.45) is 0 Å². The van der Waals surface area contributed by atoms with Crippen molar-refractivity contribution in [1.29, 1.82) is 0 Å². The second kappa shape index (κ2) is 9.28. The largest absolute Gasteiger partial charge is 0.460 e. The lowest BCUT2D eigenvalue weighted by atomic mass is 10.2. The van der Waals surface area contributed by atoms with E-state index >= 15 is 0 Å². The van der Waals surface area contributed by atoms with Gasteiger partial charge in [0.25, 0.3) is 5.69 Å². The van der Waals surface area contributed by atoms with Gasteiger partial charge in [0.2, 0.25) is 0 Å². The van der Waals surface area contributed by atoms with Crippen LogP contribution in [0.1, 0.15) is 16.8 Å². The normalized spacial score (nSPS) is 10.4. The number of nitro benzene ring substituents is 1. The summed E-state index contributed by atoms with van der Waals surface area (Å²) in [6, 6.07) is 3.97. The zero-order valence-electron chi connectivity index (χ0n) is 11.5. The monoisotopic (exact) mass is 317 g/mol. The molecule has 0 radical (unpaired) electrons. The molecule has 0 aromatic heterocycles. The Morgan fingerprint density at radius 3 is 2.71 bits per heavy atom. The maximum absolute atomic E-state index is 11.8. The summed E-state index contributed by atoms with van der Waals surface area (Å²) in [6.45, 7) is 1.39. The molecule has 0 aliphatic heterocycles. The highest BCUT2D eigenvalue weighted by Crippen LogP contribution is 2.28. The quantitative estimate of drug-likeness (QED) is 0.301. The van der Waals surface area contributed by atoms with Gasteiger partial charge in [-0.1, -0.05) is 17.7 Å². The van der Waals surface area contributed by atoms with Crippen LogP contribution in [0.4, 0.5) is 5.69 Å². The molecule has 0 unspecified atom stereocenters. The Labute approximate surface area is 126 Å². The highest BCUT2D eigenvalue weighted by Gasteiger charge is 2.20. The van der Waals surface area contributed by atoms with Gasteiger partial charge in [-0.15, -0.1) is 0 Å². The van der Waals surface area contributed by atoms with Gasteiger partial charge in [0.05, 0.1) is 17.1 Å². The third kappa shape index (κ3) is 5.66. The molecule has 7 nitrogen and oxygen atoms in total. The molecule has 0 heterocycles. The van der Waals surface area contributed by atoms with Gasteiger partial charge in [0.15, 0.2) is 0 Å². The van der Waals surface area contributed by atoms with Crippen molar-refractivity contribution in [2.45, 2.75) is 6.42 Å². The molecule has 0 amide bonds. The van der Waals surface area contributed by atoms with Crippen LogP contribution in [0, 0.1) is 10.1 Å². The van der Waals surface area contributed by atoms with Gasteiger partial charge >= 0.3 is 5.97 Å². The van der Waals surface area contributed by atoms with E-state index in [4.69, 9.17) is 25.8 Å². The van der Waals surface area contributed by atoms with E-state index in [1.807, 2.05) is 0 Å². The smallest absolute Gasteiger partial charge is 0.339 e. The van der Waals surface area contributed by atoms with E-state index in [1.54, 1.807) is 7.11 Å². The van der Waals surface area contributed by atoms with Gasteiger partial charge in [-0.05, 0) is 12.5 Å². The predicted octanol–water partition coefficient (Wildman–Crippen LogP) is 2.46. The van der Waals surface area contributed by atoms with Crippen molar-refractivity contribution in [3.63, 3.8) is 0 Å². The topological polar surface area (TPSA) is 87.9 Å². The maximum atomic E-state index is 11.8. The van der Waals surface area contributed by atoms with Gasteiger partial charge in [0.1, 0.15) is 11.6 Å². The van der Waals surface area contributed by atoms with Crippen molar-refractivity contribution in [3.8, 4) is 0 Å². The summed E-state index contributed by atoms with van der Waals surface area (Å²) < 4.78 is 15.0. The molecule has 0 aliphatic carbocycles. The van der Waals surface area contributed by atoms with E-state index in [1.165, 1.54) is 18.2 Å². The zero-order chi connectivity index (χ0) is 15.7. The summed E-state index contributed by atoms with van der Waals surface area (Å²) in [5, 5.41) is 10.5. The van der Waals surface area contributed by atoms with E-state index < -0.39 is 10.9 Å². The average Bonchev–Trinajstić information content (AvgIpc) is 2.46. The van der Waals surface area contributed by atoms with Crippen molar-refractivity contribution < 1.29 is 23.9 Å². The summed E-state index contributed by atoms with van der Waals surface area (Å²) in [5.74, 6) is -0.718. The molecule has 0 saturated carbocycles. The van der Waals surface area contributed by atoms with E-state index in [2.05, 4.69) is 0 Å². The number of benzene rings is 1. The fraction of sp³-hybridized carbons (Fsp3) is 0.462. The Hall–Kier alpha value is -1.70. The zero-order valence-corrected chi connectivity index (χ0v) is 12.3. The Balaban J connectivity index is 2.42. The number of carbonyl (C=O) groups excluding carboxylic acids is 1. The number of halogens is 1. The molecule has 21 heavy (non-hydrogen) atoms. The van der Waals surface area contributed by atoms with Crippen LogP contribution in [0.3, 0.4) is 0 Å². The van der Waals surface area contributed by atoms with E-state index in [9.17, 15) is 14.9 Å². The Morgan fingerprint density at radius 2 is 2.05 bits per heavy atom. The van der Waals surface area contributed by atoms with Gasteiger partial charge < -0.3 is 14.2 Å². The number of esters is 1. The molecule has 1 aromatic rings. The molecule has 0 fully saturated rings. The SMILES string of the molecule is COCCCOCCOC(=O)c1cccc([N+](=O)[O-])c1Cl. The van der Waals surface area contributed by atoms with Crippen molar-refractivity contribution in [2.75, 3.05) is 33.5 Å². The summed E-state index contributed by atoms with van der Waals surface area (Å²) in [5.41, 5.74) is -0.368. The molecule has 0 saturated heterocycles. The summed E-state index contributed by atoms with van der Waals surface area (Å²) in [6.07, 6.45) is 0.751. The third-order valence-corrected chi connectivity index (χ3v) is 2.89. The van der Waals surface area contributed by atoms with Crippen LogP contribution < -0.4 is 0 Å². The van der Waals surface area contributed by atoms with Crippen LogP contribution in [0.2, 0.25) is 5.02 Å². The Bertz CT molecular complexity index is 494. The molecule has 1 rings (SSSR count). The molecule has 0 spiro atoms. The van der Waals surface area contributed by atoms with E-state index in [0.29, 0.717) is 13.2 Å². The molecule has 116 valence electrons. The number of carbonyl (C=O) groups is 1. The molecule has 1 aromatic carbocycles. The van der Waals surface area contributed by atoms with Crippen molar-refractivity contribution >= 4 is 23.3 Å². The predicted molar refractivity (Wildman–Crippen MR) is 75.7 cm³/mol. The number of rotatable bonds is 9. The number of hydrogen-bond acceptors (Lipinski definition) is 6. The minimum atomic E-state index is -0.718. The average molecular weight is 318 g/mol. The molecule has 0 bridgehead atoms. The Kier molecular flexibility index (Phi) is 7.66. The summed E-state index contributed by atoms with van der Waals surface area (Å²) >= 11 is 5.81. The standard InChI is InChI=1S/C13H16ClNO6/c1-19-6-3-7-20-8-9-21-13(16)10-4-2-5-11(12(10)14)15(17)18/h2,4-5H,3,6-9H2,1H3. The highest BCUT2D eigenvalue weighted by atomic mass is 35.5. The fourth-order valence-electron chi connectivity index (χ4n) is 1.50. The fourth-order valence-corrected chi connectivity index (χ4v) is 1.77. The number of ether oxygens (including phenoxy) is 3. The van der Waals surface area contributed by atoms with Crippen molar-refractivity contribution in [1.82, 2.24) is 0 Å². The second-order valence-electron chi connectivity index (χ2n) is 3.99. The van der Waals surface area contributed by atoms with Crippen LogP contribution in [-0.4, -0.2) is 44.4 Å². The molecule has 0 N–H and O–H groups in total. The molecular formula is C13H16ClNO6. The minimum Gasteiger partial charge on any atom is -0.460 e. The highest BCUT2D eigenvalue weighted by molar-refractivity contribution is 6.35. The van der Waals surface area contributed by atoms with Crippen LogP contribution in [0.15, 0.2) is 18.2 Å². The van der Waals surface area contributed by atoms with Crippen LogP contribution in [-0.2, 0) is 14.2 Å². The van der Waals surface area contributed by atoms with Crippen LogP contribution >= 0.6 is 11.6 Å². The first-order valence-corrected chi connectivity index (χ1v) is 6.62. The van der Waals surface area contributed by atoms with Gasteiger partial charge in [-0.2, -0.15) is 0 Å². The lowest BCUT2D eigenvalue weighted by Crippen LogP contribution is -2.12. The molecule has 0 aliphatic rings. The second-order valence-corrected chi connectivity index (χ2v) is 4.37. The molecular weight excluding hydrogens is 302 g/mol. The van der Waals surface area contributed by atoms with E-state index in [-0.39, 0.29) is 29.5 Å². The molecule has 8 heteroatoms. The number of hydrogen-bond donors (Lipinski definition) is 0. The maximum Gasteiger partial charge on any atom is 0.339 e. The van der Waals surface area contributed by atoms with Crippen LogP contribution in [0.25, 0.3) is 0 Å². The lowest BCUT2D eigenvalue weighted by Gasteiger charge is -2.07. The summed E-state index contributed by atoms with van der Waals surface area (Å²) in [4.78, 5) is 21.8. The van der Waals surface area contributed by atoms with Crippen molar-refractivity contribution in [3.05, 3.63) is 38.9 Å². The first-order chi connectivity index (χ1) is 10.1. The number of methoxy groups -OCH3 is 1. The summed E-state index contributed by atoms with van der Waals surface area (Å²) in [7, 11) is 1.60. The van der Waals surface area contributed by atoms with Gasteiger partial charge in [0, 0.05) is 26.4 Å². The number of nitrogens with zero attached hydrogens (tertiary/aromatic N) is 1. The Morgan fingerprint density at radius 1 is 1.29 bits per heavy atom. The third-order valence-electron chi connectivity index (χ3n) is 2.49. The van der Waals surface area contributed by atoms with Crippen LogP contribution in [0.5, 0.6) is 0 Å². The van der Waals surface area contributed by atoms with Gasteiger partial charge in [-0.3, -0.25) is 10.1 Å². The number of nitro groups is 1. The van der Waals surface area contributed by atoms with E-state index in [0.717, 1.165) is 6.42 Å².